The minimum absolute atomic E-state index is 0. The zero-order valence-electron chi connectivity index (χ0n) is 22.4. The maximum Gasteiger partial charge on any atom is 0.322 e. The second-order valence-electron chi connectivity index (χ2n) is 9.65. The molecule has 0 bridgehead atoms. The Hall–Kier alpha value is -3.49. The molecule has 1 spiro atoms. The summed E-state index contributed by atoms with van der Waals surface area (Å²) in [7, 11) is -1.83. The van der Waals surface area contributed by atoms with Gasteiger partial charge in [-0.1, -0.05) is 0 Å². The molecule has 3 amide bonds. The van der Waals surface area contributed by atoms with Crippen LogP contribution in [-0.4, -0.2) is 70.4 Å². The number of likely N-dealkylation sites (tertiary alicyclic amines) is 1. The van der Waals surface area contributed by atoms with Crippen molar-refractivity contribution in [3.05, 3.63) is 47.5 Å². The van der Waals surface area contributed by atoms with Crippen molar-refractivity contribution in [3.8, 4) is 11.5 Å². The summed E-state index contributed by atoms with van der Waals surface area (Å²) in [6, 6.07) is 4.24. The van der Waals surface area contributed by atoms with Crippen molar-refractivity contribution in [1.82, 2.24) is 15.5 Å². The molecule has 0 saturated carbocycles. The highest BCUT2D eigenvalue weighted by Crippen LogP contribution is 2.35. The Kier molecular flexibility index (Phi) is 10.2. The second kappa shape index (κ2) is 13.0. The van der Waals surface area contributed by atoms with Gasteiger partial charge in [-0.3, -0.25) is 19.6 Å². The largest absolute Gasteiger partial charge is 0.496 e. The van der Waals surface area contributed by atoms with Gasteiger partial charge in [0.15, 0.2) is 5.78 Å². The van der Waals surface area contributed by atoms with Crippen LogP contribution in [0.5, 0.6) is 11.5 Å². The highest BCUT2D eigenvalue weighted by Gasteiger charge is 2.47. The number of ketones is 1. The van der Waals surface area contributed by atoms with Gasteiger partial charge < -0.3 is 19.7 Å². The van der Waals surface area contributed by atoms with Crippen molar-refractivity contribution < 1.29 is 41.1 Å². The lowest BCUT2D eigenvalue weighted by atomic mass is 9.87. The number of ether oxygens (including phenoxy) is 2. The van der Waals surface area contributed by atoms with Crippen molar-refractivity contribution in [3.63, 3.8) is 0 Å². The Morgan fingerprint density at radius 3 is 2.32 bits per heavy atom. The molecule has 15 heteroatoms. The van der Waals surface area contributed by atoms with Gasteiger partial charge in [-0.15, -0.1) is 12.4 Å². The maximum atomic E-state index is 14.2. The second-order valence-corrected chi connectivity index (χ2v) is 11.3. The molecule has 2 saturated heterocycles. The van der Waals surface area contributed by atoms with Gasteiger partial charge >= 0.3 is 6.03 Å². The molecule has 4 rings (SSSR count). The van der Waals surface area contributed by atoms with E-state index in [-0.39, 0.29) is 53.3 Å². The third kappa shape index (κ3) is 7.05. The number of sulfonamides is 1. The van der Waals surface area contributed by atoms with Crippen LogP contribution < -0.4 is 24.8 Å². The predicted molar refractivity (Wildman–Crippen MR) is 147 cm³/mol. The number of rotatable bonds is 11. The molecule has 0 aliphatic carbocycles. The minimum atomic E-state index is -4.48. The first-order valence-electron chi connectivity index (χ1n) is 12.6. The first kappa shape index (κ1) is 32.0. The Morgan fingerprint density at radius 1 is 1.05 bits per heavy atom. The van der Waals surface area contributed by atoms with E-state index in [4.69, 9.17) is 9.47 Å². The van der Waals surface area contributed by atoms with Crippen LogP contribution in [0.3, 0.4) is 0 Å². The molecular formula is C26H31ClF2N4O7S. The third-order valence-corrected chi connectivity index (χ3v) is 8.50. The number of benzene rings is 2. The molecule has 2 aromatic rings. The molecule has 0 atom stereocenters. The monoisotopic (exact) mass is 616 g/mol. The average molecular weight is 617 g/mol. The summed E-state index contributed by atoms with van der Waals surface area (Å²) in [6.07, 6.45) is 2.39. The zero-order chi connectivity index (χ0) is 29.1. The summed E-state index contributed by atoms with van der Waals surface area (Å²) >= 11 is 0. The SMILES string of the molecule is COc1cc(OC)c(C(=O)CCCCN2CCC3(CC2)NC(=O)NC3=O)cc1NS(=O)(=O)c1ccc(F)cc1F.Cl. The predicted octanol–water partition coefficient (Wildman–Crippen LogP) is 3.23. The van der Waals surface area contributed by atoms with Gasteiger partial charge in [-0.2, -0.15) is 0 Å². The van der Waals surface area contributed by atoms with Crippen molar-refractivity contribution >= 4 is 45.8 Å². The number of halogens is 3. The molecule has 11 nitrogen and oxygen atoms in total. The first-order chi connectivity index (χ1) is 19.0. The van der Waals surface area contributed by atoms with Crippen LogP contribution in [0.2, 0.25) is 0 Å². The van der Waals surface area contributed by atoms with Gasteiger partial charge in [-0.05, 0) is 50.4 Å². The number of nitrogens with zero attached hydrogens (tertiary/aromatic N) is 1. The normalized spacial score (nSPS) is 16.5. The molecule has 2 aliphatic heterocycles. The number of methoxy groups -OCH3 is 2. The third-order valence-electron chi connectivity index (χ3n) is 7.10. The number of carbonyl (C=O) groups excluding carboxylic acids is 3. The maximum absolute atomic E-state index is 14.2. The van der Waals surface area contributed by atoms with Crippen LogP contribution in [0.25, 0.3) is 0 Å². The van der Waals surface area contributed by atoms with Gasteiger partial charge in [0.1, 0.15) is 33.6 Å². The summed E-state index contributed by atoms with van der Waals surface area (Å²) in [6.45, 7) is 1.96. The summed E-state index contributed by atoms with van der Waals surface area (Å²) < 4.78 is 65.9. The van der Waals surface area contributed by atoms with Crippen molar-refractivity contribution in [1.29, 1.82) is 0 Å². The van der Waals surface area contributed by atoms with Crippen LogP contribution >= 0.6 is 12.4 Å². The molecule has 41 heavy (non-hydrogen) atoms. The van der Waals surface area contributed by atoms with Crippen molar-refractivity contribution in [2.75, 3.05) is 38.6 Å². The number of carbonyl (C=O) groups is 3. The van der Waals surface area contributed by atoms with E-state index in [1.165, 1.54) is 26.4 Å². The molecule has 224 valence electrons. The number of anilines is 1. The number of imide groups is 1. The highest BCUT2D eigenvalue weighted by atomic mass is 35.5. The van der Waals surface area contributed by atoms with Gasteiger partial charge in [-0.25, -0.2) is 22.0 Å². The molecule has 2 fully saturated rings. The van der Waals surface area contributed by atoms with Crippen LogP contribution in [0, 0.1) is 11.6 Å². The lowest BCUT2D eigenvalue weighted by molar-refractivity contribution is -0.125. The minimum Gasteiger partial charge on any atom is -0.496 e. The molecule has 2 heterocycles. The molecule has 2 aliphatic rings. The number of hydrogen-bond donors (Lipinski definition) is 3. The van der Waals surface area contributed by atoms with Gasteiger partial charge in [0, 0.05) is 31.6 Å². The fourth-order valence-electron chi connectivity index (χ4n) is 4.88. The van der Waals surface area contributed by atoms with E-state index in [1.807, 2.05) is 0 Å². The van der Waals surface area contributed by atoms with Gasteiger partial charge in [0.25, 0.3) is 15.9 Å². The van der Waals surface area contributed by atoms with Crippen molar-refractivity contribution in [2.45, 2.75) is 42.5 Å². The van der Waals surface area contributed by atoms with Crippen LogP contribution in [0.15, 0.2) is 35.2 Å². The highest BCUT2D eigenvalue weighted by molar-refractivity contribution is 7.92. The van der Waals surface area contributed by atoms with E-state index in [0.29, 0.717) is 51.4 Å². The van der Waals surface area contributed by atoms with Crippen LogP contribution in [-0.2, 0) is 14.8 Å². The van der Waals surface area contributed by atoms with E-state index < -0.39 is 38.1 Å². The topological polar surface area (TPSA) is 143 Å². The molecule has 0 radical (unpaired) electrons. The number of Topliss-reactive ketones (excluding diaryl/α,β-unsaturated/α-hetero) is 1. The van der Waals surface area contributed by atoms with E-state index in [2.05, 4.69) is 20.3 Å². The fourth-order valence-corrected chi connectivity index (χ4v) is 6.01. The summed E-state index contributed by atoms with van der Waals surface area (Å²) in [4.78, 5) is 38.1. The molecule has 2 aromatic carbocycles. The lowest BCUT2D eigenvalue weighted by Crippen LogP contribution is -2.54. The standard InChI is InChI=1S/C26H30F2N4O7S.ClH/c1-38-21-15-22(39-2)19(31-40(36,37)23-7-6-16(27)13-18(23)28)14-17(21)20(33)5-3-4-10-32-11-8-26(9-12-32)24(34)29-25(35)30-26;/h6-7,13-15,31H,3-5,8-12H2,1-2H3,(H2,29,30,34,35);1H. The zero-order valence-corrected chi connectivity index (χ0v) is 24.1. The quantitative estimate of drug-likeness (QED) is 0.198. The van der Waals surface area contributed by atoms with Crippen LogP contribution in [0.1, 0.15) is 42.5 Å². The number of nitrogens with one attached hydrogen (secondary N) is 3. The van der Waals surface area contributed by atoms with E-state index in [0.717, 1.165) is 12.1 Å². The van der Waals surface area contributed by atoms with E-state index >= 15 is 0 Å². The Morgan fingerprint density at radius 2 is 1.73 bits per heavy atom. The Balaban J connectivity index is 0.00000462. The van der Waals surface area contributed by atoms with Crippen molar-refractivity contribution in [2.24, 2.45) is 0 Å². The summed E-state index contributed by atoms with van der Waals surface area (Å²) in [5.41, 5.74) is -0.833. The number of unbranched alkanes of at least 4 members (excludes halogenated alkanes) is 1. The van der Waals surface area contributed by atoms with E-state index in [1.54, 1.807) is 0 Å². The van der Waals surface area contributed by atoms with Gasteiger partial charge in [0.05, 0.1) is 25.5 Å². The molecule has 0 unspecified atom stereocenters. The van der Waals surface area contributed by atoms with Crippen LogP contribution in [0.4, 0.5) is 19.3 Å². The molecule has 0 aromatic heterocycles. The average Bonchev–Trinajstić information content (AvgIpc) is 3.18. The molecular weight excluding hydrogens is 586 g/mol. The fraction of sp³-hybridized carbons (Fsp3) is 0.423. The number of piperidine rings is 1. The number of hydrogen-bond acceptors (Lipinski definition) is 8. The molecule has 3 N–H and O–H groups in total. The Labute approximate surface area is 242 Å². The summed E-state index contributed by atoms with van der Waals surface area (Å²) in [5.74, 6) is -2.57. The summed E-state index contributed by atoms with van der Waals surface area (Å²) in [5, 5.41) is 5.01. The lowest BCUT2D eigenvalue weighted by Gasteiger charge is -2.36. The Bertz CT molecular complexity index is 1430. The van der Waals surface area contributed by atoms with E-state index in [9.17, 15) is 31.6 Å². The number of amides is 3. The smallest absolute Gasteiger partial charge is 0.322 e. The first-order valence-corrected chi connectivity index (χ1v) is 14.1. The number of urea groups is 1. The van der Waals surface area contributed by atoms with Gasteiger partial charge in [0.2, 0.25) is 0 Å².